The van der Waals surface area contributed by atoms with Crippen LogP contribution in [0.1, 0.15) is 54.4 Å². The van der Waals surface area contributed by atoms with Gasteiger partial charge in [0.2, 0.25) is 5.88 Å². The van der Waals surface area contributed by atoms with Crippen molar-refractivity contribution in [2.45, 2.75) is 45.1 Å². The maximum Gasteiger partial charge on any atom is 0.303 e. The Morgan fingerprint density at radius 1 is 1.00 bits per heavy atom. The van der Waals surface area contributed by atoms with Crippen LogP contribution in [0.25, 0.3) is 22.2 Å². The van der Waals surface area contributed by atoms with Gasteiger partial charge in [0.1, 0.15) is 5.82 Å². The van der Waals surface area contributed by atoms with E-state index in [4.69, 9.17) is 9.84 Å². The summed E-state index contributed by atoms with van der Waals surface area (Å²) in [6.45, 7) is 0.510. The van der Waals surface area contributed by atoms with Gasteiger partial charge in [0.25, 0.3) is 0 Å². The highest BCUT2D eigenvalue weighted by atomic mass is 19.1. The molecule has 2 aromatic carbocycles. The third-order valence-electron chi connectivity index (χ3n) is 8.53. The van der Waals surface area contributed by atoms with E-state index in [1.54, 1.807) is 25.3 Å². The summed E-state index contributed by atoms with van der Waals surface area (Å²) in [6, 6.07) is 18.4. The monoisotopic (exact) mass is 526 g/mol. The van der Waals surface area contributed by atoms with E-state index < -0.39 is 5.97 Å². The highest BCUT2D eigenvalue weighted by molar-refractivity contribution is 6.07. The van der Waals surface area contributed by atoms with Crippen molar-refractivity contribution < 1.29 is 23.8 Å². The van der Waals surface area contributed by atoms with E-state index in [0.717, 1.165) is 42.5 Å². The summed E-state index contributed by atoms with van der Waals surface area (Å²) in [5.74, 6) is 0.127. The number of nitrogens with zero attached hydrogens (tertiary/aromatic N) is 2. The third kappa shape index (κ3) is 4.93. The van der Waals surface area contributed by atoms with E-state index in [-0.39, 0.29) is 29.4 Å². The van der Waals surface area contributed by atoms with Crippen molar-refractivity contribution in [2.75, 3.05) is 7.11 Å². The molecule has 7 heteroatoms. The van der Waals surface area contributed by atoms with E-state index in [1.165, 1.54) is 6.07 Å². The van der Waals surface area contributed by atoms with Gasteiger partial charge in [-0.1, -0.05) is 30.3 Å². The van der Waals surface area contributed by atoms with Crippen LogP contribution in [0.5, 0.6) is 5.88 Å². The number of halogens is 1. The fraction of sp³-hybridized carbons (Fsp3) is 0.344. The zero-order valence-electron chi connectivity index (χ0n) is 21.9. The maximum atomic E-state index is 14.7. The molecule has 2 heterocycles. The summed E-state index contributed by atoms with van der Waals surface area (Å²) in [7, 11) is 1.59. The average Bonchev–Trinajstić information content (AvgIpc) is 3.31. The molecule has 0 bridgehead atoms. The topological polar surface area (TPSA) is 81.4 Å². The number of fused-ring (bicyclic) bond motifs is 1. The van der Waals surface area contributed by atoms with Crippen LogP contribution in [0, 0.1) is 23.1 Å². The fourth-order valence-corrected chi connectivity index (χ4v) is 6.89. The van der Waals surface area contributed by atoms with Gasteiger partial charge in [-0.3, -0.25) is 9.59 Å². The van der Waals surface area contributed by atoms with Crippen LogP contribution in [0.2, 0.25) is 0 Å². The quantitative estimate of drug-likeness (QED) is 0.244. The number of ether oxygens (including phenoxy) is 1. The average molecular weight is 527 g/mol. The van der Waals surface area contributed by atoms with E-state index in [0.29, 0.717) is 41.2 Å². The summed E-state index contributed by atoms with van der Waals surface area (Å²) in [5.41, 5.74) is 4.26. The SMILES string of the molecule is COc1cccc(-c2ccc(Cn3ccc4c(F)ccc(C(=O)CC5CC6(CC(CC(=O)O)C6)C5)c43)cc2)n1. The molecule has 1 N–H and O–H groups in total. The first-order valence-corrected chi connectivity index (χ1v) is 13.5. The van der Waals surface area contributed by atoms with Crippen LogP contribution in [0.15, 0.2) is 66.9 Å². The van der Waals surface area contributed by atoms with Crippen LogP contribution >= 0.6 is 0 Å². The van der Waals surface area contributed by atoms with E-state index in [2.05, 4.69) is 4.98 Å². The molecular weight excluding hydrogens is 495 g/mol. The molecule has 0 radical (unpaired) electrons. The van der Waals surface area contributed by atoms with E-state index in [1.807, 2.05) is 47.2 Å². The van der Waals surface area contributed by atoms with Gasteiger partial charge >= 0.3 is 5.97 Å². The molecule has 2 fully saturated rings. The number of pyridine rings is 1. The van der Waals surface area contributed by atoms with Crippen molar-refractivity contribution in [1.29, 1.82) is 0 Å². The maximum absolute atomic E-state index is 14.7. The molecule has 0 atom stereocenters. The number of carboxylic acid groups (broad SMARTS) is 1. The van der Waals surface area contributed by atoms with Gasteiger partial charge < -0.3 is 14.4 Å². The number of ketones is 1. The Balaban J connectivity index is 1.16. The van der Waals surface area contributed by atoms with Gasteiger partial charge in [0.15, 0.2) is 5.78 Å². The minimum atomic E-state index is -0.728. The molecule has 2 aliphatic carbocycles. The lowest BCUT2D eigenvalue weighted by atomic mass is 9.47. The molecule has 2 saturated carbocycles. The number of Topliss-reactive ketones (excluding diaryl/α,β-unsaturated/α-hetero) is 1. The molecule has 6 rings (SSSR count). The van der Waals surface area contributed by atoms with E-state index >= 15 is 0 Å². The smallest absolute Gasteiger partial charge is 0.303 e. The Labute approximate surface area is 226 Å². The number of rotatable bonds is 9. The van der Waals surface area contributed by atoms with Gasteiger partial charge in [-0.2, -0.15) is 0 Å². The molecular formula is C32H31FN2O4. The number of carbonyl (C=O) groups is 2. The predicted molar refractivity (Wildman–Crippen MR) is 146 cm³/mol. The molecule has 0 unspecified atom stereocenters. The van der Waals surface area contributed by atoms with Crippen molar-refractivity contribution >= 4 is 22.7 Å². The Hall–Kier alpha value is -4.00. The van der Waals surface area contributed by atoms with Gasteiger partial charge in [-0.15, -0.1) is 0 Å². The standard InChI is InChI=1S/C32H31FN2O4/c1-39-29-4-2-3-27(34-29)23-7-5-20(6-8-23)19-35-12-11-24-26(33)10-9-25(31(24)35)28(36)13-21-15-32(16-21)17-22(18-32)14-30(37)38/h2-12,21-22H,13-19H2,1H3,(H,37,38). The van der Waals surface area contributed by atoms with Gasteiger partial charge in [-0.05, 0) is 72.8 Å². The van der Waals surface area contributed by atoms with Crippen molar-refractivity contribution in [3.05, 3.63) is 83.8 Å². The van der Waals surface area contributed by atoms with Gasteiger partial charge in [0.05, 0.1) is 18.3 Å². The highest BCUT2D eigenvalue weighted by Gasteiger charge is 2.53. The number of carbonyl (C=O) groups excluding carboxylic acids is 1. The molecule has 2 aromatic heterocycles. The van der Waals surface area contributed by atoms with Crippen LogP contribution in [-0.4, -0.2) is 33.5 Å². The second-order valence-electron chi connectivity index (χ2n) is 11.3. The summed E-state index contributed by atoms with van der Waals surface area (Å²) in [5, 5.41) is 9.46. The predicted octanol–water partition coefficient (Wildman–Crippen LogP) is 6.75. The molecule has 0 aliphatic heterocycles. The van der Waals surface area contributed by atoms with Crippen molar-refractivity contribution in [3.63, 3.8) is 0 Å². The molecule has 0 saturated heterocycles. The summed E-state index contributed by atoms with van der Waals surface area (Å²) in [6.07, 6.45) is 6.41. The number of methoxy groups -OCH3 is 1. The normalized spacial score (nSPS) is 21.9. The molecule has 0 amide bonds. The lowest BCUT2D eigenvalue weighted by Crippen LogP contribution is -2.48. The number of carboxylic acids is 1. The number of aromatic nitrogens is 2. The van der Waals surface area contributed by atoms with Crippen LogP contribution in [-0.2, 0) is 11.3 Å². The Morgan fingerprint density at radius 3 is 2.41 bits per heavy atom. The lowest BCUT2D eigenvalue weighted by molar-refractivity contribution is -0.142. The Morgan fingerprint density at radius 2 is 1.72 bits per heavy atom. The molecule has 2 aliphatic rings. The fourth-order valence-electron chi connectivity index (χ4n) is 6.89. The van der Waals surface area contributed by atoms with E-state index in [9.17, 15) is 14.0 Å². The number of benzene rings is 2. The molecule has 6 nitrogen and oxygen atoms in total. The zero-order chi connectivity index (χ0) is 27.1. The van der Waals surface area contributed by atoms with Crippen LogP contribution in [0.4, 0.5) is 4.39 Å². The van der Waals surface area contributed by atoms with Crippen LogP contribution in [0.3, 0.4) is 0 Å². The Kier molecular flexibility index (Phi) is 6.45. The second-order valence-corrected chi connectivity index (χ2v) is 11.3. The second kappa shape index (κ2) is 9.95. The van der Waals surface area contributed by atoms with Gasteiger partial charge in [-0.25, -0.2) is 9.37 Å². The van der Waals surface area contributed by atoms with Crippen molar-refractivity contribution in [1.82, 2.24) is 9.55 Å². The minimum absolute atomic E-state index is 0.0423. The first-order valence-electron chi connectivity index (χ1n) is 13.5. The summed E-state index contributed by atoms with van der Waals surface area (Å²) >= 11 is 0. The number of hydrogen-bond donors (Lipinski definition) is 1. The number of aliphatic carboxylic acids is 1. The number of hydrogen-bond acceptors (Lipinski definition) is 4. The molecule has 1 spiro atoms. The third-order valence-corrected chi connectivity index (χ3v) is 8.53. The van der Waals surface area contributed by atoms with Crippen LogP contribution < -0.4 is 4.74 Å². The first kappa shape index (κ1) is 25.3. The molecule has 4 aromatic rings. The van der Waals surface area contributed by atoms with Crippen molar-refractivity contribution in [2.24, 2.45) is 17.3 Å². The van der Waals surface area contributed by atoms with Gasteiger partial charge in [0, 0.05) is 48.2 Å². The summed E-state index contributed by atoms with van der Waals surface area (Å²) < 4.78 is 21.9. The minimum Gasteiger partial charge on any atom is -0.481 e. The largest absolute Gasteiger partial charge is 0.481 e. The lowest BCUT2D eigenvalue weighted by Gasteiger charge is -2.58. The zero-order valence-corrected chi connectivity index (χ0v) is 21.9. The molecule has 39 heavy (non-hydrogen) atoms. The molecule has 200 valence electrons. The van der Waals surface area contributed by atoms with Crippen molar-refractivity contribution in [3.8, 4) is 17.1 Å². The Bertz CT molecular complexity index is 1540. The highest BCUT2D eigenvalue weighted by Crippen LogP contribution is 2.62. The summed E-state index contributed by atoms with van der Waals surface area (Å²) in [4.78, 5) is 28.9. The first-order chi connectivity index (χ1) is 18.8.